The second kappa shape index (κ2) is 4.10. The Morgan fingerprint density at radius 3 is 2.95 bits per heavy atom. The molecule has 0 aliphatic heterocycles. The Bertz CT molecular complexity index is 814. The van der Waals surface area contributed by atoms with E-state index in [1.807, 2.05) is 18.2 Å². The van der Waals surface area contributed by atoms with E-state index < -0.39 is 0 Å². The van der Waals surface area contributed by atoms with Crippen molar-refractivity contribution in [1.29, 1.82) is 5.26 Å². The molecule has 2 N–H and O–H groups in total. The summed E-state index contributed by atoms with van der Waals surface area (Å²) in [5.74, 6) is 0.846. The van der Waals surface area contributed by atoms with E-state index in [1.54, 1.807) is 19.2 Å². The average molecular weight is 250 g/mol. The third-order valence-electron chi connectivity index (χ3n) is 2.90. The number of nitriles is 1. The van der Waals surface area contributed by atoms with Gasteiger partial charge in [-0.3, -0.25) is 0 Å². The largest absolute Gasteiger partial charge is 0.441 e. The zero-order valence-electron chi connectivity index (χ0n) is 10.2. The topological polar surface area (TPSA) is 88.7 Å². The van der Waals surface area contributed by atoms with Crippen molar-refractivity contribution in [2.75, 3.05) is 5.73 Å². The van der Waals surface area contributed by atoms with Crippen LogP contribution < -0.4 is 5.73 Å². The monoisotopic (exact) mass is 250 g/mol. The molecule has 0 amide bonds. The third kappa shape index (κ3) is 1.79. The van der Waals surface area contributed by atoms with Crippen molar-refractivity contribution in [3.8, 4) is 17.2 Å². The maximum atomic E-state index is 9.17. The molecule has 0 saturated carbocycles. The highest BCUT2D eigenvalue weighted by atomic mass is 16.3. The van der Waals surface area contributed by atoms with Gasteiger partial charge in [0.2, 0.25) is 0 Å². The Labute approximate surface area is 109 Å². The van der Waals surface area contributed by atoms with Gasteiger partial charge in [0.15, 0.2) is 11.5 Å². The van der Waals surface area contributed by atoms with Gasteiger partial charge in [-0.05, 0) is 23.8 Å². The van der Waals surface area contributed by atoms with E-state index >= 15 is 0 Å². The minimum absolute atomic E-state index is 0.233. The molecule has 0 radical (unpaired) electrons. The Balaban J connectivity index is 2.25. The number of pyridine rings is 1. The lowest BCUT2D eigenvalue weighted by molar-refractivity contribution is 0.561. The number of nitrogens with zero attached hydrogens (tertiary/aromatic N) is 3. The van der Waals surface area contributed by atoms with Crippen LogP contribution in [0.1, 0.15) is 11.5 Å². The van der Waals surface area contributed by atoms with Gasteiger partial charge in [-0.15, -0.1) is 0 Å². The van der Waals surface area contributed by atoms with Crippen molar-refractivity contribution in [3.63, 3.8) is 0 Å². The molecular formula is C14H10N4O. The van der Waals surface area contributed by atoms with Gasteiger partial charge in [-0.25, -0.2) is 9.97 Å². The molecule has 3 rings (SSSR count). The van der Waals surface area contributed by atoms with Crippen LogP contribution in [-0.2, 0) is 0 Å². The van der Waals surface area contributed by atoms with E-state index in [0.717, 1.165) is 22.2 Å². The Morgan fingerprint density at radius 1 is 1.32 bits per heavy atom. The molecule has 92 valence electrons. The lowest BCUT2D eigenvalue weighted by Gasteiger charge is -2.05. The predicted molar refractivity (Wildman–Crippen MR) is 71.1 cm³/mol. The van der Waals surface area contributed by atoms with Gasteiger partial charge in [0.25, 0.3) is 0 Å². The second-order valence-corrected chi connectivity index (χ2v) is 4.15. The van der Waals surface area contributed by atoms with Gasteiger partial charge in [-0.2, -0.15) is 5.26 Å². The fourth-order valence-corrected chi connectivity index (χ4v) is 2.05. The van der Waals surface area contributed by atoms with E-state index in [2.05, 4.69) is 16.0 Å². The van der Waals surface area contributed by atoms with Crippen LogP contribution in [0.15, 0.2) is 34.9 Å². The molecule has 3 aromatic rings. The van der Waals surface area contributed by atoms with Crippen molar-refractivity contribution < 1.29 is 4.42 Å². The number of rotatable bonds is 1. The SMILES string of the molecule is Cc1nc2cc(-c3ccnc(N)c3C#N)ccc2o1. The van der Waals surface area contributed by atoms with Crippen LogP contribution in [0.2, 0.25) is 0 Å². The smallest absolute Gasteiger partial charge is 0.192 e. The summed E-state index contributed by atoms with van der Waals surface area (Å²) in [6.07, 6.45) is 1.59. The summed E-state index contributed by atoms with van der Waals surface area (Å²) in [4.78, 5) is 8.20. The number of anilines is 1. The Hall–Kier alpha value is -2.87. The Morgan fingerprint density at radius 2 is 2.16 bits per heavy atom. The standard InChI is InChI=1S/C14H10N4O/c1-8-18-12-6-9(2-3-13(12)19-8)10-4-5-17-14(16)11(10)7-15/h2-6H,1H3,(H2,16,17). The first-order valence-corrected chi connectivity index (χ1v) is 5.71. The van der Waals surface area contributed by atoms with E-state index in [0.29, 0.717) is 11.5 Å². The van der Waals surface area contributed by atoms with Crippen LogP contribution in [0.4, 0.5) is 5.82 Å². The lowest BCUT2D eigenvalue weighted by Crippen LogP contribution is -1.96. The van der Waals surface area contributed by atoms with E-state index in [4.69, 9.17) is 10.2 Å². The molecule has 1 aromatic carbocycles. The number of nitrogen functional groups attached to an aromatic ring is 1. The van der Waals surface area contributed by atoms with Crippen molar-refractivity contribution >= 4 is 16.9 Å². The zero-order chi connectivity index (χ0) is 13.4. The molecule has 0 spiro atoms. The van der Waals surface area contributed by atoms with E-state index in [1.165, 1.54) is 0 Å². The molecule has 0 unspecified atom stereocenters. The van der Waals surface area contributed by atoms with Crippen LogP contribution in [0.3, 0.4) is 0 Å². The normalized spacial score (nSPS) is 10.5. The molecule has 0 fully saturated rings. The van der Waals surface area contributed by atoms with E-state index in [-0.39, 0.29) is 5.82 Å². The predicted octanol–water partition coefficient (Wildman–Crippen LogP) is 2.65. The van der Waals surface area contributed by atoms with Crippen molar-refractivity contribution in [3.05, 3.63) is 41.9 Å². The fourth-order valence-electron chi connectivity index (χ4n) is 2.05. The first-order chi connectivity index (χ1) is 9.19. The number of nitrogens with two attached hydrogens (primary N) is 1. The van der Waals surface area contributed by atoms with Crippen LogP contribution in [-0.4, -0.2) is 9.97 Å². The van der Waals surface area contributed by atoms with Crippen molar-refractivity contribution in [2.45, 2.75) is 6.92 Å². The molecule has 2 aromatic heterocycles. The summed E-state index contributed by atoms with van der Waals surface area (Å²) in [5, 5.41) is 9.17. The minimum atomic E-state index is 0.233. The highest BCUT2D eigenvalue weighted by Crippen LogP contribution is 2.28. The maximum Gasteiger partial charge on any atom is 0.192 e. The maximum absolute atomic E-state index is 9.17. The molecule has 0 aliphatic rings. The summed E-state index contributed by atoms with van der Waals surface area (Å²) in [7, 11) is 0. The van der Waals surface area contributed by atoms with Crippen LogP contribution in [0.25, 0.3) is 22.2 Å². The van der Waals surface area contributed by atoms with Crippen LogP contribution >= 0.6 is 0 Å². The third-order valence-corrected chi connectivity index (χ3v) is 2.90. The van der Waals surface area contributed by atoms with E-state index in [9.17, 15) is 5.26 Å². The quantitative estimate of drug-likeness (QED) is 0.717. The van der Waals surface area contributed by atoms with Gasteiger partial charge in [0.1, 0.15) is 23.0 Å². The minimum Gasteiger partial charge on any atom is -0.441 e. The number of oxazole rings is 1. The molecule has 5 nitrogen and oxygen atoms in total. The highest BCUT2D eigenvalue weighted by Gasteiger charge is 2.11. The number of benzene rings is 1. The molecule has 19 heavy (non-hydrogen) atoms. The molecular weight excluding hydrogens is 240 g/mol. The zero-order valence-corrected chi connectivity index (χ0v) is 10.2. The molecule has 0 saturated heterocycles. The van der Waals surface area contributed by atoms with Crippen LogP contribution in [0, 0.1) is 18.3 Å². The highest BCUT2D eigenvalue weighted by molar-refractivity contribution is 5.83. The average Bonchev–Trinajstić information content (AvgIpc) is 2.77. The summed E-state index contributed by atoms with van der Waals surface area (Å²) in [6.45, 7) is 1.80. The molecule has 0 bridgehead atoms. The number of hydrogen-bond acceptors (Lipinski definition) is 5. The molecule has 0 aliphatic carbocycles. The summed E-state index contributed by atoms with van der Waals surface area (Å²) in [5.41, 5.74) is 9.19. The number of hydrogen-bond donors (Lipinski definition) is 1. The number of aryl methyl sites for hydroxylation is 1. The van der Waals surface area contributed by atoms with Gasteiger partial charge in [0, 0.05) is 18.7 Å². The number of aromatic nitrogens is 2. The lowest BCUT2D eigenvalue weighted by atomic mass is 10.0. The van der Waals surface area contributed by atoms with Gasteiger partial charge >= 0.3 is 0 Å². The van der Waals surface area contributed by atoms with Gasteiger partial charge in [0.05, 0.1) is 0 Å². The second-order valence-electron chi connectivity index (χ2n) is 4.15. The summed E-state index contributed by atoms with van der Waals surface area (Å²) >= 11 is 0. The molecule has 0 atom stereocenters. The molecule has 2 heterocycles. The first kappa shape index (κ1) is 11.2. The first-order valence-electron chi connectivity index (χ1n) is 5.71. The molecule has 5 heteroatoms. The van der Waals surface area contributed by atoms with Crippen molar-refractivity contribution in [2.24, 2.45) is 0 Å². The van der Waals surface area contributed by atoms with Gasteiger partial charge in [-0.1, -0.05) is 6.07 Å². The van der Waals surface area contributed by atoms with Crippen molar-refractivity contribution in [1.82, 2.24) is 9.97 Å². The number of fused-ring (bicyclic) bond motifs is 1. The summed E-state index contributed by atoms with van der Waals surface area (Å²) < 4.78 is 5.43. The van der Waals surface area contributed by atoms with Gasteiger partial charge < -0.3 is 10.2 Å². The Kier molecular flexibility index (Phi) is 2.43. The summed E-state index contributed by atoms with van der Waals surface area (Å²) in [6, 6.07) is 9.44. The fraction of sp³-hybridized carbons (Fsp3) is 0.0714. The van der Waals surface area contributed by atoms with Crippen LogP contribution in [0.5, 0.6) is 0 Å².